The van der Waals surface area contributed by atoms with E-state index < -0.39 is 23.2 Å². The number of rotatable bonds is 3. The Bertz CT molecular complexity index is 1020. The standard InChI is InChI=1S/C18H10F3N3O2/c19-18(20,21)13-14(23-25-15(13)11-7-3-1-4-8-11)17-22-16(24-26-17)12-9-5-2-6-10-12/h1-10H. The monoisotopic (exact) mass is 357 g/mol. The second-order valence-electron chi connectivity index (χ2n) is 5.39. The van der Waals surface area contributed by atoms with Gasteiger partial charge in [0.15, 0.2) is 11.5 Å². The number of aromatic nitrogens is 3. The molecule has 0 fully saturated rings. The van der Waals surface area contributed by atoms with Crippen LogP contribution in [0.2, 0.25) is 0 Å². The average Bonchev–Trinajstić information content (AvgIpc) is 3.30. The van der Waals surface area contributed by atoms with E-state index in [-0.39, 0.29) is 17.3 Å². The summed E-state index contributed by atoms with van der Waals surface area (Å²) in [5.41, 5.74) is -0.720. The molecule has 8 heteroatoms. The van der Waals surface area contributed by atoms with E-state index in [2.05, 4.69) is 15.3 Å². The molecular formula is C18H10F3N3O2. The van der Waals surface area contributed by atoms with Crippen LogP contribution in [0.4, 0.5) is 13.2 Å². The summed E-state index contributed by atoms with van der Waals surface area (Å²) in [7, 11) is 0. The van der Waals surface area contributed by atoms with E-state index in [1.165, 1.54) is 12.1 Å². The predicted molar refractivity (Wildman–Crippen MR) is 85.7 cm³/mol. The van der Waals surface area contributed by atoms with Crippen molar-refractivity contribution in [3.05, 3.63) is 66.2 Å². The molecule has 5 nitrogen and oxygen atoms in total. The van der Waals surface area contributed by atoms with Crippen molar-refractivity contribution >= 4 is 0 Å². The molecule has 0 bridgehead atoms. The first-order chi connectivity index (χ1) is 12.5. The maximum atomic E-state index is 13.7. The third-order valence-corrected chi connectivity index (χ3v) is 3.67. The number of halogens is 3. The molecule has 0 atom stereocenters. The van der Waals surface area contributed by atoms with Crippen LogP contribution in [-0.2, 0) is 6.18 Å². The highest BCUT2D eigenvalue weighted by molar-refractivity contribution is 5.70. The average molecular weight is 357 g/mol. The minimum absolute atomic E-state index is 0.165. The van der Waals surface area contributed by atoms with Gasteiger partial charge in [0.05, 0.1) is 0 Å². The van der Waals surface area contributed by atoms with Crippen molar-refractivity contribution in [3.8, 4) is 34.3 Å². The summed E-state index contributed by atoms with van der Waals surface area (Å²) in [6.45, 7) is 0. The molecule has 0 N–H and O–H groups in total. The zero-order valence-electron chi connectivity index (χ0n) is 13.1. The molecule has 0 unspecified atom stereocenters. The van der Waals surface area contributed by atoms with E-state index >= 15 is 0 Å². The SMILES string of the molecule is FC(F)(F)c1c(-c2nc(-c3ccccc3)no2)noc1-c1ccccc1. The first-order valence-corrected chi connectivity index (χ1v) is 7.56. The van der Waals surface area contributed by atoms with Gasteiger partial charge in [0.25, 0.3) is 5.89 Å². The summed E-state index contributed by atoms with van der Waals surface area (Å²) in [6, 6.07) is 16.7. The molecule has 0 aliphatic rings. The second kappa shape index (κ2) is 6.14. The molecule has 2 heterocycles. The molecule has 0 aliphatic heterocycles. The van der Waals surface area contributed by atoms with Gasteiger partial charge in [0.2, 0.25) is 5.82 Å². The van der Waals surface area contributed by atoms with Crippen molar-refractivity contribution in [1.82, 2.24) is 15.3 Å². The number of alkyl halides is 3. The van der Waals surface area contributed by atoms with Crippen molar-refractivity contribution in [1.29, 1.82) is 0 Å². The lowest BCUT2D eigenvalue weighted by Crippen LogP contribution is -2.07. The minimum Gasteiger partial charge on any atom is -0.355 e. The number of benzene rings is 2. The fourth-order valence-corrected chi connectivity index (χ4v) is 2.51. The van der Waals surface area contributed by atoms with Crippen LogP contribution in [0, 0.1) is 0 Å². The molecule has 130 valence electrons. The maximum absolute atomic E-state index is 13.7. The highest BCUT2D eigenvalue weighted by atomic mass is 19.4. The van der Waals surface area contributed by atoms with Gasteiger partial charge in [-0.2, -0.15) is 18.2 Å². The molecule has 26 heavy (non-hydrogen) atoms. The van der Waals surface area contributed by atoms with Crippen LogP contribution in [0.1, 0.15) is 5.56 Å². The van der Waals surface area contributed by atoms with Crippen LogP contribution in [0.3, 0.4) is 0 Å². The molecule has 4 aromatic rings. The highest BCUT2D eigenvalue weighted by Gasteiger charge is 2.42. The molecule has 0 spiro atoms. The van der Waals surface area contributed by atoms with E-state index in [9.17, 15) is 13.2 Å². The largest absolute Gasteiger partial charge is 0.422 e. The molecular weight excluding hydrogens is 347 g/mol. The Kier molecular flexibility index (Phi) is 3.80. The Morgan fingerprint density at radius 2 is 1.35 bits per heavy atom. The Morgan fingerprint density at radius 1 is 0.731 bits per heavy atom. The van der Waals surface area contributed by atoms with Crippen LogP contribution in [0.25, 0.3) is 34.3 Å². The predicted octanol–water partition coefficient (Wildman–Crippen LogP) is 5.08. The third-order valence-electron chi connectivity index (χ3n) is 3.67. The zero-order valence-corrected chi connectivity index (χ0v) is 13.1. The summed E-state index contributed by atoms with van der Waals surface area (Å²) >= 11 is 0. The third kappa shape index (κ3) is 2.85. The van der Waals surface area contributed by atoms with E-state index in [1.807, 2.05) is 0 Å². The normalized spacial score (nSPS) is 11.7. The van der Waals surface area contributed by atoms with Gasteiger partial charge in [-0.05, 0) is 0 Å². The molecule has 0 aliphatic carbocycles. The van der Waals surface area contributed by atoms with Crippen molar-refractivity contribution in [2.75, 3.05) is 0 Å². The van der Waals surface area contributed by atoms with Crippen molar-refractivity contribution in [2.45, 2.75) is 6.18 Å². The summed E-state index contributed by atoms with van der Waals surface area (Å²) < 4.78 is 50.9. The Labute approximate surface area is 145 Å². The smallest absolute Gasteiger partial charge is 0.355 e. The Balaban J connectivity index is 1.83. The Morgan fingerprint density at radius 3 is 1.96 bits per heavy atom. The lowest BCUT2D eigenvalue weighted by molar-refractivity contribution is -0.136. The molecule has 0 saturated carbocycles. The van der Waals surface area contributed by atoms with Crippen LogP contribution in [0.15, 0.2) is 69.7 Å². The van der Waals surface area contributed by atoms with Crippen molar-refractivity contribution in [3.63, 3.8) is 0 Å². The molecule has 2 aromatic carbocycles. The molecule has 4 rings (SSSR count). The molecule has 0 amide bonds. The summed E-state index contributed by atoms with van der Waals surface area (Å²) in [4.78, 5) is 4.03. The van der Waals surface area contributed by atoms with Crippen LogP contribution in [0.5, 0.6) is 0 Å². The van der Waals surface area contributed by atoms with E-state index in [0.29, 0.717) is 5.56 Å². The van der Waals surface area contributed by atoms with E-state index in [0.717, 1.165) is 0 Å². The summed E-state index contributed by atoms with van der Waals surface area (Å²) in [5, 5.41) is 7.28. The summed E-state index contributed by atoms with van der Waals surface area (Å²) in [6.07, 6.45) is -4.71. The number of hydrogen-bond acceptors (Lipinski definition) is 5. The van der Waals surface area contributed by atoms with Gasteiger partial charge < -0.3 is 9.05 Å². The van der Waals surface area contributed by atoms with Gasteiger partial charge in [-0.3, -0.25) is 0 Å². The van der Waals surface area contributed by atoms with Gasteiger partial charge in [-0.25, -0.2) is 0 Å². The second-order valence-corrected chi connectivity index (χ2v) is 5.39. The quantitative estimate of drug-likeness (QED) is 0.512. The minimum atomic E-state index is -4.71. The lowest BCUT2D eigenvalue weighted by Gasteiger charge is -2.06. The van der Waals surface area contributed by atoms with Crippen LogP contribution >= 0.6 is 0 Å². The molecule has 0 radical (unpaired) electrons. The fraction of sp³-hybridized carbons (Fsp3) is 0.0556. The van der Waals surface area contributed by atoms with Crippen LogP contribution in [-0.4, -0.2) is 15.3 Å². The van der Waals surface area contributed by atoms with Gasteiger partial charge in [0, 0.05) is 11.1 Å². The van der Waals surface area contributed by atoms with Crippen LogP contribution < -0.4 is 0 Å². The Hall–Kier alpha value is -3.42. The summed E-state index contributed by atoms with van der Waals surface area (Å²) in [5.74, 6) is -0.590. The van der Waals surface area contributed by atoms with E-state index in [1.54, 1.807) is 48.5 Å². The van der Waals surface area contributed by atoms with Gasteiger partial charge >= 0.3 is 6.18 Å². The molecule has 0 saturated heterocycles. The maximum Gasteiger partial charge on any atom is 0.422 e. The van der Waals surface area contributed by atoms with Crippen molar-refractivity contribution in [2.24, 2.45) is 0 Å². The first kappa shape index (κ1) is 16.1. The van der Waals surface area contributed by atoms with Gasteiger partial charge in [-0.1, -0.05) is 71.0 Å². The highest BCUT2D eigenvalue weighted by Crippen LogP contribution is 2.42. The van der Waals surface area contributed by atoms with Gasteiger partial charge in [-0.15, -0.1) is 0 Å². The number of hydrogen-bond donors (Lipinski definition) is 0. The topological polar surface area (TPSA) is 65.0 Å². The van der Waals surface area contributed by atoms with Gasteiger partial charge in [0.1, 0.15) is 5.56 Å². The lowest BCUT2D eigenvalue weighted by atomic mass is 10.1. The zero-order chi connectivity index (χ0) is 18.1. The van der Waals surface area contributed by atoms with Crippen molar-refractivity contribution < 1.29 is 22.2 Å². The molecule has 2 aromatic heterocycles. The van der Waals surface area contributed by atoms with E-state index in [4.69, 9.17) is 9.05 Å². The first-order valence-electron chi connectivity index (χ1n) is 7.56. The fourth-order valence-electron chi connectivity index (χ4n) is 2.51. The number of nitrogens with zero attached hydrogens (tertiary/aromatic N) is 3.